The van der Waals surface area contributed by atoms with Gasteiger partial charge in [0.15, 0.2) is 5.82 Å². The molecule has 5 nitrogen and oxygen atoms in total. The third-order valence-electron chi connectivity index (χ3n) is 3.16. The van der Waals surface area contributed by atoms with E-state index in [1.165, 1.54) is 0 Å². The van der Waals surface area contributed by atoms with Crippen molar-refractivity contribution >= 4 is 5.91 Å². The Hall–Kier alpha value is -1.98. The second kappa shape index (κ2) is 6.98. The maximum atomic E-state index is 12.7. The molecule has 1 aliphatic rings. The number of carbonyl (C=O) groups excluding carboxylic acids is 1. The van der Waals surface area contributed by atoms with Crippen LogP contribution in [0.5, 0.6) is 6.01 Å². The number of aromatic nitrogens is 2. The highest BCUT2D eigenvalue weighted by Crippen LogP contribution is 2.16. The van der Waals surface area contributed by atoms with Gasteiger partial charge in [-0.05, 0) is 19.3 Å². The second-order valence-electron chi connectivity index (χ2n) is 4.73. The molecule has 0 aromatic carbocycles. The number of ether oxygens (including phenoxy) is 1. The number of carbonyl (C=O) groups is 1. The van der Waals surface area contributed by atoms with Crippen LogP contribution >= 0.6 is 0 Å². The minimum Gasteiger partial charge on any atom is -0.458 e. The summed E-state index contributed by atoms with van der Waals surface area (Å²) in [6.45, 7) is 4.89. The molecule has 0 bridgehead atoms. The molecule has 0 aliphatic carbocycles. The lowest BCUT2D eigenvalue weighted by atomic mass is 10.1. The van der Waals surface area contributed by atoms with Crippen molar-refractivity contribution in [1.82, 2.24) is 14.9 Å². The molecule has 1 fully saturated rings. The minimum absolute atomic E-state index is 0.109. The zero-order valence-corrected chi connectivity index (χ0v) is 11.3. The number of hydrogen-bond donors (Lipinski definition) is 0. The molecule has 1 aromatic heterocycles. The van der Waals surface area contributed by atoms with Crippen LogP contribution in [0, 0.1) is 5.82 Å². The quantitative estimate of drug-likeness (QED) is 0.773. The van der Waals surface area contributed by atoms with Gasteiger partial charge >= 0.3 is 6.01 Å². The van der Waals surface area contributed by atoms with Crippen molar-refractivity contribution in [3.8, 4) is 6.01 Å². The summed E-state index contributed by atoms with van der Waals surface area (Å²) >= 11 is 0. The molecule has 0 saturated carbocycles. The number of amides is 1. The number of nitrogens with zero attached hydrogens (tertiary/aromatic N) is 3. The van der Waals surface area contributed by atoms with Gasteiger partial charge in [0.05, 0.1) is 18.9 Å². The first-order valence-corrected chi connectivity index (χ1v) is 6.72. The lowest BCUT2D eigenvalue weighted by Crippen LogP contribution is -2.44. The van der Waals surface area contributed by atoms with E-state index in [1.807, 2.05) is 0 Å². The maximum absolute atomic E-state index is 12.7. The normalized spacial score (nSPS) is 18.6. The fourth-order valence-corrected chi connectivity index (χ4v) is 2.15. The Labute approximate surface area is 117 Å². The molecule has 2 rings (SSSR count). The van der Waals surface area contributed by atoms with E-state index in [0.717, 1.165) is 31.8 Å². The number of allylic oxidation sites excluding steroid dienone is 1. The van der Waals surface area contributed by atoms with Crippen molar-refractivity contribution in [1.29, 1.82) is 0 Å². The highest BCUT2D eigenvalue weighted by molar-refractivity contribution is 5.76. The Morgan fingerprint density at radius 3 is 3.00 bits per heavy atom. The van der Waals surface area contributed by atoms with Gasteiger partial charge in [0.1, 0.15) is 6.10 Å². The monoisotopic (exact) mass is 279 g/mol. The first-order valence-electron chi connectivity index (χ1n) is 6.72. The van der Waals surface area contributed by atoms with Gasteiger partial charge in [0, 0.05) is 13.0 Å². The molecule has 108 valence electrons. The molecule has 1 aromatic rings. The van der Waals surface area contributed by atoms with Gasteiger partial charge in [-0.25, -0.2) is 14.4 Å². The minimum atomic E-state index is -0.498. The molecule has 2 heterocycles. The van der Waals surface area contributed by atoms with E-state index in [2.05, 4.69) is 16.5 Å². The molecule has 0 radical (unpaired) electrons. The summed E-state index contributed by atoms with van der Waals surface area (Å²) in [6, 6.07) is 0.150. The predicted octanol–water partition coefficient (Wildman–Crippen LogP) is 1.95. The van der Waals surface area contributed by atoms with Crippen molar-refractivity contribution in [2.24, 2.45) is 0 Å². The summed E-state index contributed by atoms with van der Waals surface area (Å²) in [7, 11) is 0. The second-order valence-corrected chi connectivity index (χ2v) is 4.73. The molecule has 1 saturated heterocycles. The number of rotatable bonds is 5. The van der Waals surface area contributed by atoms with E-state index >= 15 is 0 Å². The fraction of sp³-hybridized carbons (Fsp3) is 0.500. The molecule has 20 heavy (non-hydrogen) atoms. The molecule has 0 N–H and O–H groups in total. The Morgan fingerprint density at radius 2 is 2.30 bits per heavy atom. The summed E-state index contributed by atoms with van der Waals surface area (Å²) in [5.74, 6) is -0.388. The van der Waals surface area contributed by atoms with Crippen LogP contribution in [0.3, 0.4) is 0 Å². The van der Waals surface area contributed by atoms with Gasteiger partial charge in [-0.15, -0.1) is 6.58 Å². The van der Waals surface area contributed by atoms with E-state index in [0.29, 0.717) is 19.4 Å². The summed E-state index contributed by atoms with van der Waals surface area (Å²) in [4.78, 5) is 21.3. The van der Waals surface area contributed by atoms with Crippen LogP contribution in [0.15, 0.2) is 25.0 Å². The Balaban J connectivity index is 1.88. The van der Waals surface area contributed by atoms with Crippen molar-refractivity contribution in [3.05, 3.63) is 30.9 Å². The van der Waals surface area contributed by atoms with E-state index in [4.69, 9.17) is 4.74 Å². The van der Waals surface area contributed by atoms with Gasteiger partial charge in [-0.2, -0.15) is 0 Å². The van der Waals surface area contributed by atoms with Crippen molar-refractivity contribution in [3.63, 3.8) is 0 Å². The lowest BCUT2D eigenvalue weighted by molar-refractivity contribution is -0.133. The van der Waals surface area contributed by atoms with Crippen molar-refractivity contribution in [2.45, 2.75) is 31.8 Å². The summed E-state index contributed by atoms with van der Waals surface area (Å²) in [5, 5.41) is 0. The molecule has 0 unspecified atom stereocenters. The zero-order valence-electron chi connectivity index (χ0n) is 11.3. The maximum Gasteiger partial charge on any atom is 0.316 e. The summed E-state index contributed by atoms with van der Waals surface area (Å²) in [5.41, 5.74) is 0. The predicted molar refractivity (Wildman–Crippen MR) is 71.7 cm³/mol. The lowest BCUT2D eigenvalue weighted by Gasteiger charge is -2.32. The number of halogens is 1. The Morgan fingerprint density at radius 1 is 1.55 bits per heavy atom. The van der Waals surface area contributed by atoms with Gasteiger partial charge in [0.2, 0.25) is 5.91 Å². The molecule has 1 aliphatic heterocycles. The van der Waals surface area contributed by atoms with Gasteiger partial charge in [-0.1, -0.05) is 6.08 Å². The van der Waals surface area contributed by atoms with Gasteiger partial charge < -0.3 is 9.64 Å². The van der Waals surface area contributed by atoms with Crippen molar-refractivity contribution in [2.75, 3.05) is 13.1 Å². The largest absolute Gasteiger partial charge is 0.458 e. The first kappa shape index (κ1) is 14.4. The third-order valence-corrected chi connectivity index (χ3v) is 3.16. The van der Waals surface area contributed by atoms with Gasteiger partial charge in [-0.3, -0.25) is 4.79 Å². The Kier molecular flexibility index (Phi) is 5.03. The topological polar surface area (TPSA) is 55.3 Å². The van der Waals surface area contributed by atoms with Crippen LogP contribution in [0.1, 0.15) is 25.7 Å². The highest BCUT2D eigenvalue weighted by atomic mass is 19.1. The smallest absolute Gasteiger partial charge is 0.316 e. The van der Waals surface area contributed by atoms with Crippen LogP contribution in [-0.4, -0.2) is 40.0 Å². The van der Waals surface area contributed by atoms with E-state index in [1.54, 1.807) is 11.0 Å². The first-order chi connectivity index (χ1) is 9.69. The zero-order chi connectivity index (χ0) is 14.4. The molecular formula is C14H18FN3O2. The molecule has 1 atom stereocenters. The van der Waals surface area contributed by atoms with Crippen LogP contribution in [0.25, 0.3) is 0 Å². The number of likely N-dealkylation sites (tertiary alicyclic amines) is 1. The average molecular weight is 279 g/mol. The third kappa shape index (κ3) is 4.01. The van der Waals surface area contributed by atoms with E-state index < -0.39 is 5.82 Å². The standard InChI is InChI=1S/C14H18FN3O2/c1-2-3-6-13(19)18-7-4-5-12(10-18)20-14-16-8-11(15)9-17-14/h2,8-9,12H,1,3-7,10H2/t12-/m0/s1. The highest BCUT2D eigenvalue weighted by Gasteiger charge is 2.24. The summed E-state index contributed by atoms with van der Waals surface area (Å²) in [6.07, 6.45) is 6.61. The SMILES string of the molecule is C=CCCC(=O)N1CCC[C@H](Oc2ncc(F)cn2)C1. The molecule has 1 amide bonds. The number of hydrogen-bond acceptors (Lipinski definition) is 4. The van der Waals surface area contributed by atoms with Crippen molar-refractivity contribution < 1.29 is 13.9 Å². The molecule has 6 heteroatoms. The number of piperidine rings is 1. The summed E-state index contributed by atoms with van der Waals surface area (Å²) < 4.78 is 18.3. The Bertz CT molecular complexity index is 464. The fourth-order valence-electron chi connectivity index (χ4n) is 2.15. The van der Waals surface area contributed by atoms with Crippen LogP contribution in [0.4, 0.5) is 4.39 Å². The van der Waals surface area contributed by atoms with Crippen LogP contribution in [0.2, 0.25) is 0 Å². The molecular weight excluding hydrogens is 261 g/mol. The van der Waals surface area contributed by atoms with Crippen LogP contribution in [-0.2, 0) is 4.79 Å². The van der Waals surface area contributed by atoms with E-state index in [-0.39, 0.29) is 18.0 Å². The molecule has 0 spiro atoms. The van der Waals surface area contributed by atoms with E-state index in [9.17, 15) is 9.18 Å². The van der Waals surface area contributed by atoms with Crippen LogP contribution < -0.4 is 4.74 Å². The average Bonchev–Trinajstić information content (AvgIpc) is 2.47. The van der Waals surface area contributed by atoms with Gasteiger partial charge in [0.25, 0.3) is 0 Å².